The minimum Gasteiger partial charge on any atom is -0.481 e. The van der Waals surface area contributed by atoms with E-state index in [1.165, 1.54) is 12.8 Å². The van der Waals surface area contributed by atoms with E-state index in [0.29, 0.717) is 18.8 Å². The van der Waals surface area contributed by atoms with E-state index in [9.17, 15) is 9.59 Å². The standard InChI is InChI=1S/C14H24N2O3/c1-9(2)16(8-10-3-4-10)14(19)15-12-6-5-11(7-12)13(17)18/h9-12H,3-8H2,1-2H3,(H,15,19)(H,17,18). The first-order chi connectivity index (χ1) is 8.97. The predicted octanol–water partition coefficient (Wildman–Crippen LogP) is 2.07. The van der Waals surface area contributed by atoms with Crippen molar-refractivity contribution >= 4 is 12.0 Å². The maximum absolute atomic E-state index is 12.2. The fourth-order valence-electron chi connectivity index (χ4n) is 2.70. The van der Waals surface area contributed by atoms with Crippen LogP contribution in [0.25, 0.3) is 0 Å². The number of nitrogens with zero attached hydrogens (tertiary/aromatic N) is 1. The van der Waals surface area contributed by atoms with Crippen LogP contribution < -0.4 is 5.32 Å². The molecule has 2 unspecified atom stereocenters. The summed E-state index contributed by atoms with van der Waals surface area (Å²) in [5.41, 5.74) is 0. The van der Waals surface area contributed by atoms with Gasteiger partial charge in [-0.25, -0.2) is 4.79 Å². The zero-order chi connectivity index (χ0) is 14.0. The van der Waals surface area contributed by atoms with Gasteiger partial charge in [0.1, 0.15) is 0 Å². The molecule has 19 heavy (non-hydrogen) atoms. The van der Waals surface area contributed by atoms with Crippen LogP contribution in [0.4, 0.5) is 4.79 Å². The second kappa shape index (κ2) is 5.80. The Morgan fingerprint density at radius 1 is 1.26 bits per heavy atom. The normalized spacial score (nSPS) is 26.5. The fraction of sp³-hybridized carbons (Fsp3) is 0.857. The van der Waals surface area contributed by atoms with Gasteiger partial charge in [0.15, 0.2) is 0 Å². The van der Waals surface area contributed by atoms with Crippen LogP contribution in [0, 0.1) is 11.8 Å². The molecule has 0 aromatic rings. The van der Waals surface area contributed by atoms with Gasteiger partial charge < -0.3 is 15.3 Å². The number of amides is 2. The summed E-state index contributed by atoms with van der Waals surface area (Å²) in [6.07, 6.45) is 4.46. The number of rotatable bonds is 5. The van der Waals surface area contributed by atoms with Crippen molar-refractivity contribution in [2.75, 3.05) is 6.54 Å². The van der Waals surface area contributed by atoms with Crippen LogP contribution in [-0.2, 0) is 4.79 Å². The summed E-state index contributed by atoms with van der Waals surface area (Å²) in [4.78, 5) is 25.0. The molecule has 0 heterocycles. The summed E-state index contributed by atoms with van der Waals surface area (Å²) in [7, 11) is 0. The van der Waals surface area contributed by atoms with Crippen LogP contribution >= 0.6 is 0 Å². The molecule has 0 saturated heterocycles. The van der Waals surface area contributed by atoms with Crippen LogP contribution in [-0.4, -0.2) is 40.6 Å². The molecule has 2 rings (SSSR count). The van der Waals surface area contributed by atoms with Gasteiger partial charge in [-0.3, -0.25) is 4.79 Å². The number of urea groups is 1. The first-order valence-electron chi connectivity index (χ1n) is 7.27. The molecular formula is C14H24N2O3. The molecule has 5 nitrogen and oxygen atoms in total. The molecule has 0 radical (unpaired) electrons. The molecule has 2 aliphatic carbocycles. The van der Waals surface area contributed by atoms with Crippen molar-refractivity contribution in [3.05, 3.63) is 0 Å². The molecular weight excluding hydrogens is 244 g/mol. The first kappa shape index (κ1) is 14.2. The summed E-state index contributed by atoms with van der Waals surface area (Å²) >= 11 is 0. The lowest BCUT2D eigenvalue weighted by Gasteiger charge is -2.28. The number of aliphatic carboxylic acids is 1. The zero-order valence-corrected chi connectivity index (χ0v) is 11.8. The van der Waals surface area contributed by atoms with Crippen LogP contribution in [0.5, 0.6) is 0 Å². The molecule has 2 saturated carbocycles. The third-order valence-electron chi connectivity index (χ3n) is 4.15. The summed E-state index contributed by atoms with van der Waals surface area (Å²) in [6, 6.07) is 0.185. The van der Waals surface area contributed by atoms with Crippen molar-refractivity contribution < 1.29 is 14.7 Å². The quantitative estimate of drug-likeness (QED) is 0.802. The molecule has 2 aliphatic rings. The number of hydrogen-bond acceptors (Lipinski definition) is 2. The van der Waals surface area contributed by atoms with Crippen molar-refractivity contribution in [3.8, 4) is 0 Å². The van der Waals surface area contributed by atoms with Crippen molar-refractivity contribution in [2.24, 2.45) is 11.8 Å². The topological polar surface area (TPSA) is 69.6 Å². The molecule has 5 heteroatoms. The Bertz CT molecular complexity index is 353. The highest BCUT2D eigenvalue weighted by Gasteiger charge is 2.33. The highest BCUT2D eigenvalue weighted by Crippen LogP contribution is 2.30. The van der Waals surface area contributed by atoms with Crippen molar-refractivity contribution in [1.82, 2.24) is 10.2 Å². The lowest BCUT2D eigenvalue weighted by Crippen LogP contribution is -2.48. The number of carboxylic acid groups (broad SMARTS) is 1. The molecule has 0 aromatic heterocycles. The van der Waals surface area contributed by atoms with Crippen molar-refractivity contribution in [2.45, 2.75) is 58.0 Å². The second-order valence-electron chi connectivity index (χ2n) is 6.18. The van der Waals surface area contributed by atoms with E-state index in [0.717, 1.165) is 13.0 Å². The minimum atomic E-state index is -0.740. The third-order valence-corrected chi connectivity index (χ3v) is 4.15. The Morgan fingerprint density at radius 2 is 1.95 bits per heavy atom. The maximum atomic E-state index is 12.2. The number of carbonyl (C=O) groups is 2. The molecule has 0 bridgehead atoms. The van der Waals surface area contributed by atoms with E-state index in [-0.39, 0.29) is 24.0 Å². The second-order valence-corrected chi connectivity index (χ2v) is 6.18. The summed E-state index contributed by atoms with van der Waals surface area (Å²) in [5.74, 6) is -0.361. The zero-order valence-electron chi connectivity index (χ0n) is 11.8. The van der Waals surface area contributed by atoms with Gasteiger partial charge in [0.2, 0.25) is 0 Å². The van der Waals surface area contributed by atoms with Gasteiger partial charge in [-0.1, -0.05) is 0 Å². The Hall–Kier alpha value is -1.26. The molecule has 0 aliphatic heterocycles. The summed E-state index contributed by atoms with van der Waals surface area (Å²) in [6.45, 7) is 4.88. The maximum Gasteiger partial charge on any atom is 0.317 e. The Labute approximate surface area is 114 Å². The van der Waals surface area contributed by atoms with Gasteiger partial charge in [0, 0.05) is 18.6 Å². The molecule has 2 N–H and O–H groups in total. The SMILES string of the molecule is CC(C)N(CC1CC1)C(=O)NC1CCC(C(=O)O)C1. The van der Waals surface area contributed by atoms with Crippen LogP contribution in [0.2, 0.25) is 0 Å². The van der Waals surface area contributed by atoms with Gasteiger partial charge in [0.05, 0.1) is 5.92 Å². The van der Waals surface area contributed by atoms with Crippen molar-refractivity contribution in [1.29, 1.82) is 0 Å². The van der Waals surface area contributed by atoms with Gasteiger partial charge in [0.25, 0.3) is 0 Å². The van der Waals surface area contributed by atoms with E-state index in [1.54, 1.807) is 0 Å². The summed E-state index contributed by atoms with van der Waals surface area (Å²) < 4.78 is 0. The van der Waals surface area contributed by atoms with Crippen LogP contribution in [0.1, 0.15) is 46.0 Å². The molecule has 0 aromatic carbocycles. The summed E-state index contributed by atoms with van der Waals surface area (Å²) in [5, 5.41) is 12.0. The van der Waals surface area contributed by atoms with Gasteiger partial charge >= 0.3 is 12.0 Å². The first-order valence-corrected chi connectivity index (χ1v) is 7.27. The number of carbonyl (C=O) groups excluding carboxylic acids is 1. The highest BCUT2D eigenvalue weighted by molar-refractivity contribution is 5.75. The third kappa shape index (κ3) is 3.85. The molecule has 2 atom stereocenters. The van der Waals surface area contributed by atoms with Gasteiger partial charge in [-0.05, 0) is 51.9 Å². The van der Waals surface area contributed by atoms with E-state index < -0.39 is 5.97 Å². The molecule has 2 amide bonds. The van der Waals surface area contributed by atoms with Gasteiger partial charge in [-0.2, -0.15) is 0 Å². The van der Waals surface area contributed by atoms with Gasteiger partial charge in [-0.15, -0.1) is 0 Å². The lowest BCUT2D eigenvalue weighted by molar-refractivity contribution is -0.141. The Balaban J connectivity index is 1.83. The smallest absolute Gasteiger partial charge is 0.317 e. The van der Waals surface area contributed by atoms with E-state index in [4.69, 9.17) is 5.11 Å². The number of carboxylic acids is 1. The highest BCUT2D eigenvalue weighted by atomic mass is 16.4. The molecule has 108 valence electrons. The number of nitrogens with one attached hydrogen (secondary N) is 1. The predicted molar refractivity (Wildman–Crippen MR) is 71.9 cm³/mol. The fourth-order valence-corrected chi connectivity index (χ4v) is 2.70. The van der Waals surface area contributed by atoms with Crippen molar-refractivity contribution in [3.63, 3.8) is 0 Å². The number of hydrogen-bond donors (Lipinski definition) is 2. The lowest BCUT2D eigenvalue weighted by atomic mass is 10.1. The van der Waals surface area contributed by atoms with Crippen LogP contribution in [0.15, 0.2) is 0 Å². The average molecular weight is 268 g/mol. The molecule has 0 spiro atoms. The average Bonchev–Trinajstić information content (AvgIpc) is 3.03. The monoisotopic (exact) mass is 268 g/mol. The van der Waals surface area contributed by atoms with E-state index >= 15 is 0 Å². The Kier molecular flexibility index (Phi) is 4.32. The van der Waals surface area contributed by atoms with Crippen LogP contribution in [0.3, 0.4) is 0 Å². The molecule has 2 fully saturated rings. The largest absolute Gasteiger partial charge is 0.481 e. The van der Waals surface area contributed by atoms with E-state index in [1.807, 2.05) is 18.7 Å². The van der Waals surface area contributed by atoms with E-state index in [2.05, 4.69) is 5.32 Å². The minimum absolute atomic E-state index is 0.0223. The Morgan fingerprint density at radius 3 is 2.42 bits per heavy atom.